The van der Waals surface area contributed by atoms with Crippen LogP contribution in [0.15, 0.2) is 55.1 Å². The Bertz CT molecular complexity index is 911. The van der Waals surface area contributed by atoms with Crippen LogP contribution in [-0.2, 0) is 20.7 Å². The number of carbonyl (C=O) groups is 1. The molecular formula is C25H31NO7. The molecule has 0 bridgehead atoms. The number of esters is 1. The van der Waals surface area contributed by atoms with E-state index in [0.717, 1.165) is 30.0 Å². The number of nitro groups is 1. The summed E-state index contributed by atoms with van der Waals surface area (Å²) in [6, 6.07) is 12.1. The van der Waals surface area contributed by atoms with E-state index in [-0.39, 0.29) is 25.0 Å². The van der Waals surface area contributed by atoms with Crippen LogP contribution < -0.4 is 9.47 Å². The monoisotopic (exact) mass is 457 g/mol. The number of rotatable bonds is 15. The highest BCUT2D eigenvalue weighted by molar-refractivity contribution is 5.81. The highest BCUT2D eigenvalue weighted by Gasteiger charge is 2.13. The van der Waals surface area contributed by atoms with Gasteiger partial charge in [-0.2, -0.15) is 0 Å². The van der Waals surface area contributed by atoms with E-state index in [0.29, 0.717) is 31.1 Å². The molecule has 0 N–H and O–H groups in total. The van der Waals surface area contributed by atoms with Gasteiger partial charge in [0.05, 0.1) is 30.8 Å². The molecule has 8 nitrogen and oxygen atoms in total. The molecule has 0 heterocycles. The lowest BCUT2D eigenvalue weighted by Gasteiger charge is -2.18. The quantitative estimate of drug-likeness (QED) is 0.119. The zero-order valence-corrected chi connectivity index (χ0v) is 19.2. The lowest BCUT2D eigenvalue weighted by atomic mass is 10.1. The van der Waals surface area contributed by atoms with Crippen molar-refractivity contribution < 1.29 is 28.7 Å². The van der Waals surface area contributed by atoms with Crippen LogP contribution in [0.3, 0.4) is 0 Å². The normalized spacial score (nSPS) is 11.5. The van der Waals surface area contributed by atoms with Crippen molar-refractivity contribution in [3.63, 3.8) is 0 Å². The van der Waals surface area contributed by atoms with Crippen LogP contribution in [0, 0.1) is 10.1 Å². The fourth-order valence-corrected chi connectivity index (χ4v) is 2.92. The van der Waals surface area contributed by atoms with Gasteiger partial charge in [-0.1, -0.05) is 38.1 Å². The average Bonchev–Trinajstić information content (AvgIpc) is 2.82. The number of nitro benzene ring substituents is 1. The molecule has 2 rings (SSSR count). The highest BCUT2D eigenvalue weighted by atomic mass is 16.6. The van der Waals surface area contributed by atoms with Gasteiger partial charge in [-0.3, -0.25) is 10.1 Å². The number of hydrogen-bond acceptors (Lipinski definition) is 7. The average molecular weight is 458 g/mol. The van der Waals surface area contributed by atoms with Crippen LogP contribution in [-0.4, -0.2) is 37.3 Å². The Morgan fingerprint density at radius 3 is 2.45 bits per heavy atom. The fraction of sp³-hybridized carbons (Fsp3) is 0.400. The maximum Gasteiger partial charge on any atom is 0.330 e. The Morgan fingerprint density at radius 1 is 1.06 bits per heavy atom. The highest BCUT2D eigenvalue weighted by Crippen LogP contribution is 2.32. The van der Waals surface area contributed by atoms with Crippen LogP contribution in [0.5, 0.6) is 11.5 Å². The molecule has 1 unspecified atom stereocenters. The Hall–Kier alpha value is -3.39. The number of benzene rings is 2. The van der Waals surface area contributed by atoms with Gasteiger partial charge in [-0.15, -0.1) is 0 Å². The Morgan fingerprint density at radius 2 is 1.79 bits per heavy atom. The molecule has 0 aliphatic carbocycles. The van der Waals surface area contributed by atoms with Gasteiger partial charge >= 0.3 is 5.97 Å². The van der Waals surface area contributed by atoms with Crippen molar-refractivity contribution in [1.29, 1.82) is 0 Å². The second kappa shape index (κ2) is 13.9. The van der Waals surface area contributed by atoms with Crippen molar-refractivity contribution in [3.8, 4) is 11.5 Å². The maximum absolute atomic E-state index is 11.1. The van der Waals surface area contributed by atoms with E-state index < -0.39 is 10.9 Å². The molecule has 1 atom stereocenters. The van der Waals surface area contributed by atoms with Crippen LogP contribution in [0.1, 0.15) is 43.9 Å². The number of non-ortho nitro benzene ring substituents is 1. The van der Waals surface area contributed by atoms with Crippen molar-refractivity contribution in [2.24, 2.45) is 0 Å². The Labute approximate surface area is 194 Å². The molecule has 0 saturated heterocycles. The summed E-state index contributed by atoms with van der Waals surface area (Å²) in [5.74, 6) is 0.787. The maximum atomic E-state index is 11.1. The minimum atomic E-state index is -0.479. The van der Waals surface area contributed by atoms with E-state index in [1.165, 1.54) is 12.1 Å². The minimum Gasteiger partial charge on any atom is -0.490 e. The first-order valence-electron chi connectivity index (χ1n) is 11.0. The summed E-state index contributed by atoms with van der Waals surface area (Å²) in [5, 5.41) is 10.8. The van der Waals surface area contributed by atoms with Crippen molar-refractivity contribution in [2.75, 3.05) is 26.4 Å². The van der Waals surface area contributed by atoms with E-state index in [4.69, 9.17) is 18.9 Å². The van der Waals surface area contributed by atoms with Crippen molar-refractivity contribution >= 4 is 11.7 Å². The molecule has 8 heteroatoms. The molecule has 0 radical (unpaired) electrons. The molecule has 33 heavy (non-hydrogen) atoms. The number of ether oxygens (including phenoxy) is 4. The third kappa shape index (κ3) is 8.94. The van der Waals surface area contributed by atoms with Gasteiger partial charge < -0.3 is 18.9 Å². The first-order valence-corrected chi connectivity index (χ1v) is 11.0. The Kier molecular flexibility index (Phi) is 10.9. The smallest absolute Gasteiger partial charge is 0.330 e. The minimum absolute atomic E-state index is 0.0667. The van der Waals surface area contributed by atoms with Gasteiger partial charge in [0.15, 0.2) is 11.5 Å². The largest absolute Gasteiger partial charge is 0.490 e. The van der Waals surface area contributed by atoms with Crippen LogP contribution >= 0.6 is 0 Å². The lowest BCUT2D eigenvalue weighted by molar-refractivity contribution is -0.384. The van der Waals surface area contributed by atoms with Gasteiger partial charge in [-0.05, 0) is 36.6 Å². The summed E-state index contributed by atoms with van der Waals surface area (Å²) >= 11 is 0. The SMILES string of the molecule is C=CC(=O)OCCOC(C)c1ccc(OCCc2ccc([N+](=O)[O-])cc2)c(OCCCC)c1. The van der Waals surface area contributed by atoms with E-state index >= 15 is 0 Å². The fourth-order valence-electron chi connectivity index (χ4n) is 2.92. The van der Waals surface area contributed by atoms with Gasteiger partial charge in [-0.25, -0.2) is 4.79 Å². The molecule has 0 amide bonds. The number of carbonyl (C=O) groups excluding carboxylic acids is 1. The summed E-state index contributed by atoms with van der Waals surface area (Å²) in [4.78, 5) is 21.5. The third-order valence-electron chi connectivity index (χ3n) is 4.85. The molecule has 2 aromatic rings. The molecule has 0 aliphatic heterocycles. The summed E-state index contributed by atoms with van der Waals surface area (Å²) in [7, 11) is 0. The van der Waals surface area contributed by atoms with Crippen LogP contribution in [0.25, 0.3) is 0 Å². The summed E-state index contributed by atoms with van der Waals surface area (Å²) in [6.45, 7) is 8.75. The molecule has 0 aromatic heterocycles. The van der Waals surface area contributed by atoms with Crippen LogP contribution in [0.2, 0.25) is 0 Å². The molecule has 0 fully saturated rings. The zero-order valence-electron chi connectivity index (χ0n) is 19.2. The van der Waals surface area contributed by atoms with Gasteiger partial charge in [0.25, 0.3) is 5.69 Å². The number of nitrogens with zero attached hydrogens (tertiary/aromatic N) is 1. The van der Waals surface area contributed by atoms with E-state index in [1.54, 1.807) is 12.1 Å². The molecule has 0 spiro atoms. The third-order valence-corrected chi connectivity index (χ3v) is 4.85. The Balaban J connectivity index is 1.97. The molecule has 0 aliphatic rings. The topological polar surface area (TPSA) is 97.1 Å². The predicted molar refractivity (Wildman–Crippen MR) is 125 cm³/mol. The van der Waals surface area contributed by atoms with Gasteiger partial charge in [0.2, 0.25) is 0 Å². The van der Waals surface area contributed by atoms with Gasteiger partial charge in [0.1, 0.15) is 6.61 Å². The standard InChI is InChI=1S/C25H31NO7/c1-4-6-14-31-24-18-21(19(3)30-16-17-33-25(27)5-2)9-12-23(24)32-15-13-20-7-10-22(11-8-20)26(28)29/h5,7-12,18-19H,2,4,6,13-17H2,1,3H3. The van der Waals surface area contributed by atoms with E-state index in [2.05, 4.69) is 13.5 Å². The van der Waals surface area contributed by atoms with Crippen LogP contribution in [0.4, 0.5) is 5.69 Å². The summed E-state index contributed by atoms with van der Waals surface area (Å²) < 4.78 is 22.6. The molecule has 2 aromatic carbocycles. The molecule has 178 valence electrons. The lowest BCUT2D eigenvalue weighted by Crippen LogP contribution is -2.11. The predicted octanol–water partition coefficient (Wildman–Crippen LogP) is 5.20. The first-order chi connectivity index (χ1) is 15.9. The first kappa shape index (κ1) is 25.9. The van der Waals surface area contributed by atoms with Gasteiger partial charge in [0, 0.05) is 24.6 Å². The van der Waals surface area contributed by atoms with E-state index in [1.807, 2.05) is 25.1 Å². The van der Waals surface area contributed by atoms with E-state index in [9.17, 15) is 14.9 Å². The van der Waals surface area contributed by atoms with Crippen molar-refractivity contribution in [1.82, 2.24) is 0 Å². The summed E-state index contributed by atoms with van der Waals surface area (Å²) in [5.41, 5.74) is 1.93. The van der Waals surface area contributed by atoms with Crippen molar-refractivity contribution in [3.05, 3.63) is 76.4 Å². The molecule has 0 saturated carbocycles. The number of hydrogen-bond donors (Lipinski definition) is 0. The molecular weight excluding hydrogens is 426 g/mol. The zero-order chi connectivity index (χ0) is 24.1. The second-order valence-electron chi connectivity index (χ2n) is 7.31. The second-order valence-corrected chi connectivity index (χ2v) is 7.31. The summed E-state index contributed by atoms with van der Waals surface area (Å²) in [6.07, 6.45) is 3.43. The number of unbranched alkanes of at least 4 members (excludes halogenated alkanes) is 1. The van der Waals surface area contributed by atoms with Crippen molar-refractivity contribution in [2.45, 2.75) is 39.2 Å².